The Bertz CT molecular complexity index is 1310. The maximum atomic E-state index is 13.0. The van der Waals surface area contributed by atoms with Gasteiger partial charge in [-0.3, -0.25) is 9.69 Å². The molecule has 1 fully saturated rings. The van der Waals surface area contributed by atoms with Gasteiger partial charge in [-0.25, -0.2) is 0 Å². The summed E-state index contributed by atoms with van der Waals surface area (Å²) in [5.74, 6) is 0.907. The van der Waals surface area contributed by atoms with Gasteiger partial charge in [0.2, 0.25) is 5.43 Å². The molecule has 158 valence electrons. The Hall–Kier alpha value is -3.02. The first-order chi connectivity index (χ1) is 15.1. The Morgan fingerprint density at radius 1 is 0.968 bits per heavy atom. The summed E-state index contributed by atoms with van der Waals surface area (Å²) in [6.07, 6.45) is 0. The Kier molecular flexibility index (Phi) is 5.30. The zero-order valence-corrected chi connectivity index (χ0v) is 18.1. The lowest BCUT2D eigenvalue weighted by Crippen LogP contribution is -2.46. The van der Waals surface area contributed by atoms with E-state index in [-0.39, 0.29) is 5.43 Å². The van der Waals surface area contributed by atoms with Crippen LogP contribution in [0.15, 0.2) is 69.9 Å². The normalized spacial score (nSPS) is 15.0. The zero-order chi connectivity index (χ0) is 21.4. The predicted octanol–water partition coefficient (Wildman–Crippen LogP) is 4.93. The number of benzene rings is 3. The van der Waals surface area contributed by atoms with E-state index in [0.717, 1.165) is 49.7 Å². The Balaban J connectivity index is 1.35. The third-order valence-corrected chi connectivity index (χ3v) is 6.21. The molecule has 2 heterocycles. The highest BCUT2D eigenvalue weighted by molar-refractivity contribution is 6.34. The van der Waals surface area contributed by atoms with Gasteiger partial charge in [0, 0.05) is 32.7 Å². The van der Waals surface area contributed by atoms with Crippen molar-refractivity contribution in [2.75, 3.05) is 38.2 Å². The van der Waals surface area contributed by atoms with Gasteiger partial charge in [0.15, 0.2) is 5.58 Å². The monoisotopic (exact) mass is 434 g/mol. The van der Waals surface area contributed by atoms with Crippen LogP contribution < -0.4 is 15.1 Å². The standard InChI is InChI=1S/C25H23ClN2O3/c1-30-23-8-3-2-7-21(23)28-13-11-27(12-14-28)16-17-9-10-22-19(15-17)24(29)18-5-4-6-20(26)25(18)31-22/h2-10,15H,11-14,16H2,1H3. The van der Waals surface area contributed by atoms with E-state index in [1.165, 1.54) is 0 Å². The second-order valence-corrected chi connectivity index (χ2v) is 8.22. The van der Waals surface area contributed by atoms with Gasteiger partial charge in [0.05, 0.1) is 28.6 Å². The molecular formula is C25H23ClN2O3. The number of ether oxygens (including phenoxy) is 1. The topological polar surface area (TPSA) is 45.9 Å². The van der Waals surface area contributed by atoms with Crippen molar-refractivity contribution in [3.05, 3.63) is 81.5 Å². The van der Waals surface area contributed by atoms with Gasteiger partial charge in [-0.15, -0.1) is 0 Å². The second kappa shape index (κ2) is 8.25. The predicted molar refractivity (Wildman–Crippen MR) is 125 cm³/mol. The minimum Gasteiger partial charge on any atom is -0.495 e. The van der Waals surface area contributed by atoms with Crippen molar-refractivity contribution in [2.45, 2.75) is 6.54 Å². The van der Waals surface area contributed by atoms with E-state index in [1.807, 2.05) is 36.4 Å². The molecule has 3 aromatic carbocycles. The van der Waals surface area contributed by atoms with Gasteiger partial charge >= 0.3 is 0 Å². The van der Waals surface area contributed by atoms with Crippen LogP contribution in [-0.2, 0) is 6.54 Å². The van der Waals surface area contributed by atoms with E-state index in [2.05, 4.69) is 15.9 Å². The molecule has 5 rings (SSSR count). The fourth-order valence-electron chi connectivity index (χ4n) is 4.28. The molecule has 1 aliphatic heterocycles. The van der Waals surface area contributed by atoms with E-state index in [9.17, 15) is 4.79 Å². The SMILES string of the molecule is COc1ccccc1N1CCN(Cc2ccc3oc4c(Cl)cccc4c(=O)c3c2)CC1. The number of hydrogen-bond acceptors (Lipinski definition) is 5. The van der Waals surface area contributed by atoms with Gasteiger partial charge in [-0.05, 0) is 42.0 Å². The molecule has 5 nitrogen and oxygen atoms in total. The maximum Gasteiger partial charge on any atom is 0.200 e. The molecule has 0 unspecified atom stereocenters. The summed E-state index contributed by atoms with van der Waals surface area (Å²) in [6, 6.07) is 19.3. The lowest BCUT2D eigenvalue weighted by Gasteiger charge is -2.36. The van der Waals surface area contributed by atoms with Crippen LogP contribution in [0.1, 0.15) is 5.56 Å². The molecule has 0 aliphatic carbocycles. The van der Waals surface area contributed by atoms with E-state index < -0.39 is 0 Å². The van der Waals surface area contributed by atoms with Gasteiger partial charge in [0.1, 0.15) is 11.3 Å². The number of halogens is 1. The number of para-hydroxylation sites is 3. The number of piperazine rings is 1. The first kappa shape index (κ1) is 19.9. The molecular weight excluding hydrogens is 412 g/mol. The number of methoxy groups -OCH3 is 1. The van der Waals surface area contributed by atoms with Crippen LogP contribution in [0.25, 0.3) is 21.9 Å². The highest BCUT2D eigenvalue weighted by Crippen LogP contribution is 2.29. The molecule has 0 radical (unpaired) electrons. The lowest BCUT2D eigenvalue weighted by molar-refractivity contribution is 0.249. The van der Waals surface area contributed by atoms with Crippen molar-refractivity contribution in [3.8, 4) is 5.75 Å². The maximum absolute atomic E-state index is 13.0. The number of nitrogens with zero attached hydrogens (tertiary/aromatic N) is 2. The molecule has 1 saturated heterocycles. The van der Waals surface area contributed by atoms with Crippen LogP contribution in [0.4, 0.5) is 5.69 Å². The van der Waals surface area contributed by atoms with Crippen LogP contribution in [0.5, 0.6) is 5.75 Å². The van der Waals surface area contributed by atoms with Gasteiger partial charge in [0.25, 0.3) is 0 Å². The van der Waals surface area contributed by atoms with Crippen molar-refractivity contribution in [2.24, 2.45) is 0 Å². The van der Waals surface area contributed by atoms with Crippen LogP contribution in [0, 0.1) is 0 Å². The second-order valence-electron chi connectivity index (χ2n) is 7.81. The molecule has 4 aromatic rings. The molecule has 0 saturated carbocycles. The highest BCUT2D eigenvalue weighted by Gasteiger charge is 2.20. The molecule has 0 amide bonds. The first-order valence-corrected chi connectivity index (χ1v) is 10.8. The fourth-order valence-corrected chi connectivity index (χ4v) is 4.50. The number of anilines is 1. The molecule has 0 atom stereocenters. The summed E-state index contributed by atoms with van der Waals surface area (Å²) in [7, 11) is 1.71. The third kappa shape index (κ3) is 3.75. The minimum atomic E-state index is -0.0402. The number of rotatable bonds is 4. The average Bonchev–Trinajstić information content (AvgIpc) is 2.81. The summed E-state index contributed by atoms with van der Waals surface area (Å²) < 4.78 is 11.4. The van der Waals surface area contributed by atoms with Gasteiger partial charge in [-0.1, -0.05) is 35.9 Å². The molecule has 0 bridgehead atoms. The van der Waals surface area contributed by atoms with Crippen LogP contribution >= 0.6 is 11.6 Å². The molecule has 1 aromatic heterocycles. The fraction of sp³-hybridized carbons (Fsp3) is 0.240. The van der Waals surface area contributed by atoms with E-state index in [1.54, 1.807) is 25.3 Å². The summed E-state index contributed by atoms with van der Waals surface area (Å²) >= 11 is 6.21. The van der Waals surface area contributed by atoms with E-state index in [4.69, 9.17) is 20.8 Å². The van der Waals surface area contributed by atoms with Gasteiger partial charge < -0.3 is 14.1 Å². The highest BCUT2D eigenvalue weighted by atomic mass is 35.5. The molecule has 31 heavy (non-hydrogen) atoms. The quantitative estimate of drug-likeness (QED) is 0.426. The Labute approximate surface area is 185 Å². The molecule has 0 N–H and O–H groups in total. The molecule has 1 aliphatic rings. The smallest absolute Gasteiger partial charge is 0.200 e. The van der Waals surface area contributed by atoms with Crippen LogP contribution in [0.2, 0.25) is 5.02 Å². The zero-order valence-electron chi connectivity index (χ0n) is 17.3. The first-order valence-electron chi connectivity index (χ1n) is 10.4. The van der Waals surface area contributed by atoms with Crippen molar-refractivity contribution < 1.29 is 9.15 Å². The summed E-state index contributed by atoms with van der Waals surface area (Å²) in [4.78, 5) is 17.8. The third-order valence-electron chi connectivity index (χ3n) is 5.92. The van der Waals surface area contributed by atoms with Crippen molar-refractivity contribution in [1.82, 2.24) is 4.90 Å². The van der Waals surface area contributed by atoms with Crippen molar-refractivity contribution in [1.29, 1.82) is 0 Å². The van der Waals surface area contributed by atoms with E-state index >= 15 is 0 Å². The number of hydrogen-bond donors (Lipinski definition) is 0. The lowest BCUT2D eigenvalue weighted by atomic mass is 10.1. The number of fused-ring (bicyclic) bond motifs is 2. The van der Waals surface area contributed by atoms with Crippen LogP contribution in [-0.4, -0.2) is 38.2 Å². The molecule has 0 spiro atoms. The van der Waals surface area contributed by atoms with Gasteiger partial charge in [-0.2, -0.15) is 0 Å². The minimum absolute atomic E-state index is 0.0402. The van der Waals surface area contributed by atoms with Crippen molar-refractivity contribution >= 4 is 39.2 Å². The summed E-state index contributed by atoms with van der Waals surface area (Å²) in [5, 5.41) is 1.57. The average molecular weight is 435 g/mol. The Morgan fingerprint density at radius 2 is 1.77 bits per heavy atom. The summed E-state index contributed by atoms with van der Waals surface area (Å²) in [5.41, 5.74) is 3.21. The van der Waals surface area contributed by atoms with E-state index in [0.29, 0.717) is 27.0 Å². The Morgan fingerprint density at radius 3 is 2.58 bits per heavy atom. The summed E-state index contributed by atoms with van der Waals surface area (Å²) in [6.45, 7) is 4.54. The molecule has 6 heteroatoms. The largest absolute Gasteiger partial charge is 0.495 e. The van der Waals surface area contributed by atoms with Crippen molar-refractivity contribution in [3.63, 3.8) is 0 Å². The van der Waals surface area contributed by atoms with Crippen LogP contribution in [0.3, 0.4) is 0 Å².